The first-order valence-corrected chi connectivity index (χ1v) is 12.8. The second-order valence-corrected chi connectivity index (χ2v) is 9.50. The number of ether oxygens (including phenoxy) is 5. The maximum atomic E-state index is 13.2. The zero-order valence-electron chi connectivity index (χ0n) is 22.8. The molecule has 1 amide bonds. The van der Waals surface area contributed by atoms with Gasteiger partial charge in [0.05, 0.1) is 25.6 Å². The van der Waals surface area contributed by atoms with Gasteiger partial charge < -0.3 is 34.1 Å². The van der Waals surface area contributed by atoms with E-state index in [1.807, 2.05) is 30.3 Å². The number of hydrogen-bond donors (Lipinski definition) is 2. The van der Waals surface area contributed by atoms with Crippen molar-refractivity contribution in [2.45, 2.75) is 52.0 Å². The van der Waals surface area contributed by atoms with Crippen LogP contribution in [0.15, 0.2) is 42.6 Å². The number of carbonyl (C=O) groups excluding carboxylic acids is 4. The maximum Gasteiger partial charge on any atom is 0.332 e. The monoisotopic (exact) mass is 558 g/mol. The number of hydrogen-bond acceptors (Lipinski definition) is 11. The molecule has 3 rings (SSSR count). The summed E-state index contributed by atoms with van der Waals surface area (Å²) in [5.74, 6) is -5.23. The zero-order valence-corrected chi connectivity index (χ0v) is 22.8. The molecule has 12 nitrogen and oxygen atoms in total. The molecule has 1 aromatic carbocycles. The molecule has 2 heterocycles. The highest BCUT2D eigenvalue weighted by molar-refractivity contribution is 5.98. The molecule has 4 atom stereocenters. The van der Waals surface area contributed by atoms with Gasteiger partial charge in [-0.2, -0.15) is 0 Å². The summed E-state index contributed by atoms with van der Waals surface area (Å²) in [5.41, 5.74) is 0.545. The summed E-state index contributed by atoms with van der Waals surface area (Å²) in [7, 11) is 1.30. The predicted molar refractivity (Wildman–Crippen MR) is 139 cm³/mol. The summed E-state index contributed by atoms with van der Waals surface area (Å²) in [6.07, 6.45) is -0.870. The van der Waals surface area contributed by atoms with Crippen molar-refractivity contribution in [1.82, 2.24) is 10.3 Å². The first-order valence-electron chi connectivity index (χ1n) is 12.8. The lowest BCUT2D eigenvalue weighted by Crippen LogP contribution is -2.46. The number of rotatable bonds is 10. The molecule has 40 heavy (non-hydrogen) atoms. The number of amides is 1. The highest BCUT2D eigenvalue weighted by atomic mass is 16.6. The highest BCUT2D eigenvalue weighted by Gasteiger charge is 2.42. The van der Waals surface area contributed by atoms with Crippen LogP contribution >= 0.6 is 0 Å². The van der Waals surface area contributed by atoms with Gasteiger partial charge in [-0.05, 0) is 18.9 Å². The van der Waals surface area contributed by atoms with Gasteiger partial charge in [-0.15, -0.1) is 0 Å². The van der Waals surface area contributed by atoms with Crippen LogP contribution < -0.4 is 10.1 Å². The standard InChI is InChI=1S/C28H34N2O10/c1-16(2)26(33)40-24-17(3)39-28(35)20(30-25(32)22-23(31)21(36-4)10-12-29-22)15-38-27(34)19(24)11-13-37-14-18-8-6-5-7-9-18/h5-10,12,16-17,19-20,24,31H,11,13-15H2,1-4H3,(H,30,32)/t17-,19+,20?,24-/m0/s1. The first-order chi connectivity index (χ1) is 19.1. The number of benzene rings is 1. The van der Waals surface area contributed by atoms with Gasteiger partial charge in [-0.1, -0.05) is 44.2 Å². The van der Waals surface area contributed by atoms with E-state index in [0.29, 0.717) is 6.61 Å². The largest absolute Gasteiger partial charge is 0.503 e. The summed E-state index contributed by atoms with van der Waals surface area (Å²) in [4.78, 5) is 55.4. The number of nitrogens with one attached hydrogen (secondary N) is 1. The lowest BCUT2D eigenvalue weighted by molar-refractivity contribution is -0.177. The third-order valence-corrected chi connectivity index (χ3v) is 6.18. The number of methoxy groups -OCH3 is 1. The minimum atomic E-state index is -1.43. The Hall–Kier alpha value is -4.19. The lowest BCUT2D eigenvalue weighted by atomic mass is 9.94. The van der Waals surface area contributed by atoms with Crippen molar-refractivity contribution in [2.75, 3.05) is 20.3 Å². The fourth-order valence-electron chi connectivity index (χ4n) is 3.93. The van der Waals surface area contributed by atoms with Crippen LogP contribution in [0.4, 0.5) is 0 Å². The summed E-state index contributed by atoms with van der Waals surface area (Å²) < 4.78 is 27.3. The normalized spacial score (nSPS) is 21.3. The molecule has 1 unspecified atom stereocenters. The van der Waals surface area contributed by atoms with Gasteiger partial charge in [0, 0.05) is 18.9 Å². The van der Waals surface area contributed by atoms with Crippen LogP contribution in [0.25, 0.3) is 0 Å². The molecule has 1 saturated heterocycles. The number of pyridine rings is 1. The molecule has 1 aromatic heterocycles. The fourth-order valence-corrected chi connectivity index (χ4v) is 3.93. The number of carbonyl (C=O) groups is 4. The molecule has 0 saturated carbocycles. The second kappa shape index (κ2) is 14.3. The molecule has 216 valence electrons. The summed E-state index contributed by atoms with van der Waals surface area (Å²) >= 11 is 0. The molecule has 0 bridgehead atoms. The molecule has 1 fully saturated rings. The number of aromatic hydroxyl groups is 1. The molecular weight excluding hydrogens is 524 g/mol. The third kappa shape index (κ3) is 7.92. The van der Waals surface area contributed by atoms with Gasteiger partial charge in [0.2, 0.25) is 0 Å². The van der Waals surface area contributed by atoms with Gasteiger partial charge in [-0.3, -0.25) is 14.4 Å². The van der Waals surface area contributed by atoms with Crippen molar-refractivity contribution < 1.29 is 48.0 Å². The van der Waals surface area contributed by atoms with Crippen LogP contribution in [0.3, 0.4) is 0 Å². The number of esters is 3. The van der Waals surface area contributed by atoms with Crippen LogP contribution in [0.2, 0.25) is 0 Å². The second-order valence-electron chi connectivity index (χ2n) is 9.50. The topological polar surface area (TPSA) is 160 Å². The summed E-state index contributed by atoms with van der Waals surface area (Å²) in [6, 6.07) is 9.38. The van der Waals surface area contributed by atoms with E-state index < -0.39 is 72.0 Å². The number of nitrogens with zero attached hydrogens (tertiary/aromatic N) is 1. The Morgan fingerprint density at radius 1 is 1.15 bits per heavy atom. The highest BCUT2D eigenvalue weighted by Crippen LogP contribution is 2.28. The molecule has 1 aliphatic heterocycles. The maximum absolute atomic E-state index is 13.2. The quantitative estimate of drug-likeness (QED) is 0.250. The van der Waals surface area contributed by atoms with Gasteiger partial charge in [0.25, 0.3) is 5.91 Å². The van der Waals surface area contributed by atoms with Crippen LogP contribution in [0, 0.1) is 11.8 Å². The van der Waals surface area contributed by atoms with Crippen LogP contribution in [0.5, 0.6) is 11.5 Å². The van der Waals surface area contributed by atoms with Gasteiger partial charge in [0.1, 0.15) is 12.7 Å². The van der Waals surface area contributed by atoms with Gasteiger partial charge >= 0.3 is 17.9 Å². The Morgan fingerprint density at radius 2 is 1.88 bits per heavy atom. The van der Waals surface area contributed by atoms with E-state index in [2.05, 4.69) is 10.3 Å². The van der Waals surface area contributed by atoms with Crippen molar-refractivity contribution in [3.05, 3.63) is 53.9 Å². The Bertz CT molecular complexity index is 1190. The molecule has 0 radical (unpaired) electrons. The zero-order chi connectivity index (χ0) is 29.2. The van der Waals surface area contributed by atoms with E-state index in [1.54, 1.807) is 13.8 Å². The van der Waals surface area contributed by atoms with E-state index in [4.69, 9.17) is 23.7 Å². The minimum absolute atomic E-state index is 0.00405. The minimum Gasteiger partial charge on any atom is -0.503 e. The van der Waals surface area contributed by atoms with Gasteiger partial charge in [-0.25, -0.2) is 9.78 Å². The van der Waals surface area contributed by atoms with Crippen molar-refractivity contribution in [3.63, 3.8) is 0 Å². The van der Waals surface area contributed by atoms with Crippen LogP contribution in [-0.4, -0.2) is 72.5 Å². The van der Waals surface area contributed by atoms with Crippen molar-refractivity contribution in [2.24, 2.45) is 11.8 Å². The molecule has 0 aliphatic carbocycles. The molecule has 0 spiro atoms. The molecule has 12 heteroatoms. The van der Waals surface area contributed by atoms with E-state index >= 15 is 0 Å². The molecule has 1 aliphatic rings. The smallest absolute Gasteiger partial charge is 0.332 e. The lowest BCUT2D eigenvalue weighted by Gasteiger charge is -2.29. The van der Waals surface area contributed by atoms with E-state index in [1.165, 1.54) is 26.3 Å². The Labute approximate surface area is 231 Å². The molecule has 2 N–H and O–H groups in total. The fraction of sp³-hybridized carbons (Fsp3) is 0.464. The predicted octanol–water partition coefficient (Wildman–Crippen LogP) is 2.17. The number of cyclic esters (lactones) is 2. The van der Waals surface area contributed by atoms with Crippen LogP contribution in [0.1, 0.15) is 43.2 Å². The van der Waals surface area contributed by atoms with Crippen molar-refractivity contribution >= 4 is 23.8 Å². The number of aromatic nitrogens is 1. The average molecular weight is 559 g/mol. The van der Waals surface area contributed by atoms with E-state index in [-0.39, 0.29) is 18.8 Å². The van der Waals surface area contributed by atoms with Crippen LogP contribution in [-0.2, 0) is 39.9 Å². The molecular formula is C28H34N2O10. The van der Waals surface area contributed by atoms with E-state index in [9.17, 15) is 24.3 Å². The average Bonchev–Trinajstić information content (AvgIpc) is 2.97. The van der Waals surface area contributed by atoms with Crippen molar-refractivity contribution in [1.29, 1.82) is 0 Å². The van der Waals surface area contributed by atoms with Crippen molar-refractivity contribution in [3.8, 4) is 11.5 Å². The summed E-state index contributed by atoms with van der Waals surface area (Å²) in [5, 5.41) is 12.6. The SMILES string of the molecule is COc1ccnc(C(=O)NC2COC(=O)[C@H](CCOCc3ccccc3)[C@@H](OC(=O)C(C)C)[C@H](C)OC2=O)c1O. The Balaban J connectivity index is 1.77. The third-order valence-electron chi connectivity index (χ3n) is 6.18. The molecule has 2 aromatic rings. The Kier molecular flexibility index (Phi) is 10.8. The summed E-state index contributed by atoms with van der Waals surface area (Å²) in [6.45, 7) is 4.64. The Morgan fingerprint density at radius 3 is 2.55 bits per heavy atom. The van der Waals surface area contributed by atoms with Gasteiger partial charge in [0.15, 0.2) is 29.3 Å². The van der Waals surface area contributed by atoms with E-state index in [0.717, 1.165) is 5.56 Å². The first kappa shape index (κ1) is 30.4.